The van der Waals surface area contributed by atoms with E-state index in [-0.39, 0.29) is 52.5 Å². The summed E-state index contributed by atoms with van der Waals surface area (Å²) in [5, 5.41) is 35.3. The van der Waals surface area contributed by atoms with Crippen molar-refractivity contribution in [2.75, 3.05) is 0 Å². The molecule has 0 aromatic carbocycles. The van der Waals surface area contributed by atoms with E-state index >= 15 is 0 Å². The van der Waals surface area contributed by atoms with Crippen molar-refractivity contribution in [3.63, 3.8) is 0 Å². The van der Waals surface area contributed by atoms with Gasteiger partial charge in [0.25, 0.3) is 11.5 Å². The largest absolute Gasteiger partial charge is 0.504 e. The predicted molar refractivity (Wildman–Crippen MR) is 69.6 cm³/mol. The minimum atomic E-state index is -0.197. The maximum atomic E-state index is 8.86. The number of aromatic hydroxyl groups is 4. The molecule has 0 fully saturated rings. The van der Waals surface area contributed by atoms with Crippen LogP contribution in [0.15, 0.2) is 33.5 Å². The molecular formula is C12H18O8V+2. The Morgan fingerprint density at radius 1 is 0.714 bits per heavy atom. The number of aryl methyl sites for hydroxylation is 2. The summed E-state index contributed by atoms with van der Waals surface area (Å²) in [5.74, 6) is -0.0718. The van der Waals surface area contributed by atoms with Gasteiger partial charge in [-0.3, -0.25) is 0 Å². The van der Waals surface area contributed by atoms with Crippen LogP contribution in [0.3, 0.4) is 0 Å². The Balaban J connectivity index is -0.000000270. The van der Waals surface area contributed by atoms with Crippen molar-refractivity contribution in [2.24, 2.45) is 0 Å². The van der Waals surface area contributed by atoms with Gasteiger partial charge in [-0.05, 0) is 0 Å². The van der Waals surface area contributed by atoms with Gasteiger partial charge in [-0.25, -0.2) is 8.83 Å². The molecule has 0 aliphatic heterocycles. The predicted octanol–water partition coefficient (Wildman–Crippen LogP) is 0.909. The Morgan fingerprint density at radius 3 is 1.19 bits per heavy atom. The van der Waals surface area contributed by atoms with E-state index in [1.165, 1.54) is 24.7 Å². The summed E-state index contributed by atoms with van der Waals surface area (Å²) in [4.78, 5) is 0. The van der Waals surface area contributed by atoms with Crippen LogP contribution < -0.4 is 0 Å². The minimum absolute atomic E-state index is 0. The molecule has 2 aromatic rings. The van der Waals surface area contributed by atoms with Crippen LogP contribution in [-0.2, 0) is 18.6 Å². The van der Waals surface area contributed by atoms with Gasteiger partial charge < -0.3 is 31.4 Å². The molecule has 0 amide bonds. The van der Waals surface area contributed by atoms with E-state index in [4.69, 9.17) is 29.3 Å². The first-order chi connectivity index (χ1) is 8.43. The zero-order valence-electron chi connectivity index (χ0n) is 11.4. The fraction of sp³-hybridized carbons (Fsp3) is 0.167. The van der Waals surface area contributed by atoms with Gasteiger partial charge in [0, 0.05) is 18.6 Å². The molecule has 0 bridgehead atoms. The van der Waals surface area contributed by atoms with Crippen molar-refractivity contribution in [1.29, 1.82) is 0 Å². The van der Waals surface area contributed by atoms with Crippen LogP contribution in [0.2, 0.25) is 0 Å². The molecule has 0 spiro atoms. The summed E-state index contributed by atoms with van der Waals surface area (Å²) in [6, 6.07) is 2.56. The van der Waals surface area contributed by atoms with Crippen molar-refractivity contribution >= 4 is 0 Å². The van der Waals surface area contributed by atoms with Gasteiger partial charge in [0.1, 0.15) is 0 Å². The maximum Gasteiger partial charge on any atom is 0.371 e. The second-order valence-electron chi connectivity index (χ2n) is 3.42. The van der Waals surface area contributed by atoms with Crippen LogP contribution in [-0.4, -0.2) is 31.4 Å². The van der Waals surface area contributed by atoms with E-state index in [1.54, 1.807) is 13.8 Å². The quantitative estimate of drug-likeness (QED) is 0.519. The molecule has 1 radical (unpaired) electrons. The molecule has 0 aliphatic rings. The Hall–Kier alpha value is -2.00. The van der Waals surface area contributed by atoms with Crippen molar-refractivity contribution in [2.45, 2.75) is 13.8 Å². The van der Waals surface area contributed by atoms with Gasteiger partial charge >= 0.3 is 24.0 Å². The number of hydrogen-bond donors (Lipinski definition) is 4. The molecular weight excluding hydrogens is 323 g/mol. The van der Waals surface area contributed by atoms with Crippen molar-refractivity contribution in [1.82, 2.24) is 0 Å². The van der Waals surface area contributed by atoms with E-state index in [9.17, 15) is 0 Å². The fourth-order valence-corrected chi connectivity index (χ4v) is 1.03. The van der Waals surface area contributed by atoms with Gasteiger partial charge in [-0.15, -0.1) is 0 Å². The van der Waals surface area contributed by atoms with Crippen LogP contribution in [0.25, 0.3) is 0 Å². The molecule has 0 unspecified atom stereocenters. The smallest absolute Gasteiger partial charge is 0.371 e. The molecule has 8 nitrogen and oxygen atoms in total. The normalized spacial score (nSPS) is 8.10. The number of hydrogen-bond acceptors (Lipinski definition) is 4. The van der Waals surface area contributed by atoms with Gasteiger partial charge in [0.05, 0.1) is 26.0 Å². The molecule has 21 heavy (non-hydrogen) atoms. The van der Waals surface area contributed by atoms with Crippen molar-refractivity contribution < 1.29 is 58.8 Å². The Labute approximate surface area is 132 Å². The van der Waals surface area contributed by atoms with Gasteiger partial charge in [0.2, 0.25) is 0 Å². The van der Waals surface area contributed by atoms with Crippen LogP contribution in [0.1, 0.15) is 11.5 Å². The van der Waals surface area contributed by atoms with E-state index in [2.05, 4.69) is 0 Å². The van der Waals surface area contributed by atoms with Gasteiger partial charge in [0.15, 0.2) is 11.5 Å². The third kappa shape index (κ3) is 6.82. The molecule has 8 N–H and O–H groups in total. The van der Waals surface area contributed by atoms with E-state index in [0.29, 0.717) is 11.5 Å². The summed E-state index contributed by atoms with van der Waals surface area (Å²) in [6.45, 7) is 3.13. The SMILES string of the molecule is Cc1[o+]ccc(O)c1O.Cc1[o+]ccc(O)c1O.O.O.[V]. The summed E-state index contributed by atoms with van der Waals surface area (Å²) in [5.41, 5.74) is 0. The Morgan fingerprint density at radius 2 is 1.00 bits per heavy atom. The van der Waals surface area contributed by atoms with E-state index in [1.807, 2.05) is 0 Å². The fourth-order valence-electron chi connectivity index (χ4n) is 1.03. The van der Waals surface area contributed by atoms with Crippen LogP contribution in [0.4, 0.5) is 0 Å². The van der Waals surface area contributed by atoms with Crippen molar-refractivity contribution in [3.8, 4) is 23.0 Å². The zero-order valence-corrected chi connectivity index (χ0v) is 12.8. The summed E-state index contributed by atoms with van der Waals surface area (Å²) in [7, 11) is 0. The molecule has 2 rings (SSSR count). The van der Waals surface area contributed by atoms with Crippen LogP contribution in [0, 0.1) is 13.8 Å². The Kier molecular flexibility index (Phi) is 12.3. The van der Waals surface area contributed by atoms with Crippen LogP contribution >= 0.6 is 0 Å². The molecule has 2 aromatic heterocycles. The molecule has 0 aliphatic carbocycles. The monoisotopic (exact) mass is 341 g/mol. The molecule has 117 valence electrons. The molecule has 0 saturated heterocycles. The second kappa shape index (κ2) is 10.8. The second-order valence-corrected chi connectivity index (χ2v) is 3.42. The molecule has 9 heteroatoms. The minimum Gasteiger partial charge on any atom is -0.504 e. The van der Waals surface area contributed by atoms with E-state index < -0.39 is 0 Å². The zero-order chi connectivity index (χ0) is 13.7. The third-order valence-corrected chi connectivity index (χ3v) is 2.09. The van der Waals surface area contributed by atoms with Crippen LogP contribution in [0.5, 0.6) is 23.0 Å². The first-order valence-corrected chi connectivity index (χ1v) is 5.02. The Bertz CT molecular complexity index is 457. The summed E-state index contributed by atoms with van der Waals surface area (Å²) in [6.07, 6.45) is 2.62. The maximum absolute atomic E-state index is 8.86. The van der Waals surface area contributed by atoms with Crippen molar-refractivity contribution in [3.05, 3.63) is 36.2 Å². The summed E-state index contributed by atoms with van der Waals surface area (Å²) >= 11 is 0. The average molecular weight is 341 g/mol. The summed E-state index contributed by atoms with van der Waals surface area (Å²) < 4.78 is 9.46. The topological polar surface area (TPSA) is 167 Å². The molecule has 0 saturated carbocycles. The van der Waals surface area contributed by atoms with Gasteiger partial charge in [-0.2, -0.15) is 0 Å². The first kappa shape index (κ1) is 24.1. The standard InChI is InChI=1S/2C6H6O3.2H2O.V/c2*1-4-6(8)5(7)2-3-9-4;;;/h2*2-3H,1H3,(H-,7,8);2*1H2;/p+2. The van der Waals surface area contributed by atoms with E-state index in [0.717, 1.165) is 0 Å². The average Bonchev–Trinajstić information content (AvgIpc) is 2.34. The van der Waals surface area contributed by atoms with Gasteiger partial charge in [-0.1, -0.05) is 0 Å². The molecule has 2 heterocycles. The number of rotatable bonds is 0. The third-order valence-electron chi connectivity index (χ3n) is 2.09. The molecule has 0 atom stereocenters. The first-order valence-electron chi connectivity index (χ1n) is 5.02.